The van der Waals surface area contributed by atoms with Gasteiger partial charge in [0.05, 0.1) is 17.9 Å². The summed E-state index contributed by atoms with van der Waals surface area (Å²) in [6.45, 7) is 1.73. The van der Waals surface area contributed by atoms with Crippen molar-refractivity contribution in [2.75, 3.05) is 6.61 Å². The molecule has 0 saturated carbocycles. The molecule has 2 aliphatic rings. The summed E-state index contributed by atoms with van der Waals surface area (Å²) in [5.41, 5.74) is -1.31. The van der Waals surface area contributed by atoms with E-state index in [0.717, 1.165) is 0 Å². The van der Waals surface area contributed by atoms with E-state index in [2.05, 4.69) is 5.32 Å². The number of hydrogen-bond acceptors (Lipinski definition) is 5. The topological polar surface area (TPSA) is 81.7 Å². The fraction of sp³-hybridized carbons (Fsp3) is 0.150. The van der Waals surface area contributed by atoms with Crippen LogP contribution in [0.2, 0.25) is 5.02 Å². The lowest BCUT2D eigenvalue weighted by Gasteiger charge is -2.21. The summed E-state index contributed by atoms with van der Waals surface area (Å²) in [7, 11) is 0. The van der Waals surface area contributed by atoms with E-state index in [1.807, 2.05) is 0 Å². The summed E-state index contributed by atoms with van der Waals surface area (Å²) in [6, 6.07) is 13.0. The van der Waals surface area contributed by atoms with E-state index in [4.69, 9.17) is 21.1 Å². The summed E-state index contributed by atoms with van der Waals surface area (Å²) in [4.78, 5) is 38.8. The van der Waals surface area contributed by atoms with Crippen molar-refractivity contribution in [1.82, 2.24) is 5.32 Å². The van der Waals surface area contributed by atoms with Crippen LogP contribution in [0.5, 0.6) is 5.75 Å². The van der Waals surface area contributed by atoms with Crippen molar-refractivity contribution in [2.45, 2.75) is 12.5 Å². The van der Waals surface area contributed by atoms with Crippen LogP contribution < -0.4 is 10.1 Å². The lowest BCUT2D eigenvalue weighted by Crippen LogP contribution is -2.51. The largest absolute Gasteiger partial charge is 0.463 e. The van der Waals surface area contributed by atoms with E-state index in [1.54, 1.807) is 55.5 Å². The molecule has 2 heterocycles. The second-order valence-corrected chi connectivity index (χ2v) is 6.48. The SMILES string of the molecule is CCOC(=O)C1=C(c2ccc(Cl)cc2)NC(=O)[C@@]12Oc1ccccc1C2=O. The molecule has 136 valence electrons. The Balaban J connectivity index is 1.94. The third-order valence-electron chi connectivity index (χ3n) is 4.49. The fourth-order valence-electron chi connectivity index (χ4n) is 3.29. The van der Waals surface area contributed by atoms with Crippen molar-refractivity contribution in [1.29, 1.82) is 0 Å². The number of ether oxygens (including phenoxy) is 2. The molecule has 1 amide bonds. The molecule has 0 aromatic heterocycles. The lowest BCUT2D eigenvalue weighted by atomic mass is 9.87. The predicted molar refractivity (Wildman–Crippen MR) is 97.3 cm³/mol. The number of nitrogens with one attached hydrogen (secondary N) is 1. The van der Waals surface area contributed by atoms with Gasteiger partial charge in [-0.2, -0.15) is 0 Å². The molecule has 0 fully saturated rings. The number of carbonyl (C=O) groups is 3. The van der Waals surface area contributed by atoms with Gasteiger partial charge in [-0.3, -0.25) is 9.59 Å². The number of benzene rings is 2. The molecule has 4 rings (SSSR count). The number of fused-ring (bicyclic) bond motifs is 1. The minimum Gasteiger partial charge on any atom is -0.463 e. The van der Waals surface area contributed by atoms with Crippen molar-refractivity contribution in [3.05, 3.63) is 70.3 Å². The fourth-order valence-corrected chi connectivity index (χ4v) is 3.42. The quantitative estimate of drug-likeness (QED) is 0.651. The molecule has 0 radical (unpaired) electrons. The smallest absolute Gasteiger partial charge is 0.341 e. The molecule has 0 aliphatic carbocycles. The highest BCUT2D eigenvalue weighted by molar-refractivity contribution is 6.32. The first-order chi connectivity index (χ1) is 13.0. The van der Waals surface area contributed by atoms with Crippen molar-refractivity contribution in [3.63, 3.8) is 0 Å². The third kappa shape index (κ3) is 2.44. The summed E-state index contributed by atoms with van der Waals surface area (Å²) in [6.07, 6.45) is 0. The van der Waals surface area contributed by atoms with Crippen molar-refractivity contribution >= 4 is 35.0 Å². The van der Waals surface area contributed by atoms with Gasteiger partial charge in [-0.05, 0) is 36.8 Å². The number of ketones is 1. The summed E-state index contributed by atoms with van der Waals surface area (Å²) >= 11 is 5.93. The average Bonchev–Trinajstić information content (AvgIpc) is 3.12. The van der Waals surface area contributed by atoms with Gasteiger partial charge in [0.1, 0.15) is 11.3 Å². The van der Waals surface area contributed by atoms with Gasteiger partial charge in [-0.1, -0.05) is 35.9 Å². The average molecular weight is 384 g/mol. The highest BCUT2D eigenvalue weighted by atomic mass is 35.5. The van der Waals surface area contributed by atoms with Crippen LogP contribution in [0.25, 0.3) is 5.70 Å². The van der Waals surface area contributed by atoms with E-state index >= 15 is 0 Å². The van der Waals surface area contributed by atoms with E-state index in [9.17, 15) is 14.4 Å². The molecular weight excluding hydrogens is 370 g/mol. The highest BCUT2D eigenvalue weighted by Crippen LogP contribution is 2.45. The molecule has 0 bridgehead atoms. The number of carbonyl (C=O) groups excluding carboxylic acids is 3. The van der Waals surface area contributed by atoms with Gasteiger partial charge in [0.25, 0.3) is 11.5 Å². The zero-order chi connectivity index (χ0) is 19.2. The maximum atomic E-state index is 13.1. The van der Waals surface area contributed by atoms with Crippen molar-refractivity contribution in [2.24, 2.45) is 0 Å². The second-order valence-electron chi connectivity index (χ2n) is 6.04. The van der Waals surface area contributed by atoms with Crippen LogP contribution >= 0.6 is 11.6 Å². The zero-order valence-corrected chi connectivity index (χ0v) is 15.0. The first kappa shape index (κ1) is 17.3. The molecule has 6 nitrogen and oxygen atoms in total. The molecule has 1 atom stereocenters. The number of amides is 1. The number of halogens is 1. The van der Waals surface area contributed by atoms with Gasteiger partial charge in [-0.15, -0.1) is 0 Å². The molecule has 7 heteroatoms. The monoisotopic (exact) mass is 383 g/mol. The van der Waals surface area contributed by atoms with Gasteiger partial charge in [0.2, 0.25) is 5.78 Å². The van der Waals surface area contributed by atoms with Crippen LogP contribution in [0.4, 0.5) is 0 Å². The number of rotatable bonds is 3. The van der Waals surface area contributed by atoms with Crippen molar-refractivity contribution < 1.29 is 23.9 Å². The van der Waals surface area contributed by atoms with E-state index in [-0.39, 0.29) is 29.2 Å². The summed E-state index contributed by atoms with van der Waals surface area (Å²) in [5.74, 6) is -1.86. The van der Waals surface area contributed by atoms with Gasteiger partial charge in [-0.25, -0.2) is 4.79 Å². The van der Waals surface area contributed by atoms with Gasteiger partial charge >= 0.3 is 5.97 Å². The maximum Gasteiger partial charge on any atom is 0.341 e. The minimum absolute atomic E-state index is 0.0850. The summed E-state index contributed by atoms with van der Waals surface area (Å²) < 4.78 is 10.9. The van der Waals surface area contributed by atoms with Crippen LogP contribution in [0.3, 0.4) is 0 Å². The maximum absolute atomic E-state index is 13.1. The molecule has 1 spiro atoms. The Hall–Kier alpha value is -3.12. The number of para-hydroxylation sites is 1. The first-order valence-corrected chi connectivity index (χ1v) is 8.69. The first-order valence-electron chi connectivity index (χ1n) is 8.31. The normalized spacial score (nSPS) is 20.5. The van der Waals surface area contributed by atoms with Crippen LogP contribution in [0.1, 0.15) is 22.8 Å². The van der Waals surface area contributed by atoms with Gasteiger partial charge < -0.3 is 14.8 Å². The molecule has 0 unspecified atom stereocenters. The van der Waals surface area contributed by atoms with Crippen LogP contribution in [-0.4, -0.2) is 29.9 Å². The molecule has 2 aliphatic heterocycles. The molecular formula is C20H14ClNO5. The zero-order valence-electron chi connectivity index (χ0n) is 14.2. The molecule has 0 saturated heterocycles. The highest BCUT2D eigenvalue weighted by Gasteiger charge is 2.64. The van der Waals surface area contributed by atoms with E-state index in [1.165, 1.54) is 0 Å². The Morgan fingerprint density at radius 1 is 1.15 bits per heavy atom. The van der Waals surface area contributed by atoms with Crippen LogP contribution in [0, 0.1) is 0 Å². The van der Waals surface area contributed by atoms with Crippen molar-refractivity contribution in [3.8, 4) is 5.75 Å². The Kier molecular flexibility index (Phi) is 4.00. The number of esters is 1. The third-order valence-corrected chi connectivity index (χ3v) is 4.74. The molecule has 27 heavy (non-hydrogen) atoms. The predicted octanol–water partition coefficient (Wildman–Crippen LogP) is 2.76. The summed E-state index contributed by atoms with van der Waals surface area (Å²) in [5, 5.41) is 3.12. The van der Waals surface area contributed by atoms with E-state index < -0.39 is 23.3 Å². The van der Waals surface area contributed by atoms with Gasteiger partial charge in [0.15, 0.2) is 0 Å². The molecule has 2 aromatic carbocycles. The number of Topliss-reactive ketones (excluding diaryl/α,β-unsaturated/α-hetero) is 1. The standard InChI is InChI=1S/C20H14ClNO5/c1-2-26-18(24)15-16(11-7-9-12(21)10-8-11)22-19(25)20(15)17(23)13-5-3-4-6-14(13)27-20/h3-10H,2H2,1H3,(H,22,25)/t20-/m1/s1. The Morgan fingerprint density at radius 2 is 1.85 bits per heavy atom. The number of hydrogen-bond donors (Lipinski definition) is 1. The van der Waals surface area contributed by atoms with Crippen LogP contribution in [0.15, 0.2) is 54.1 Å². The van der Waals surface area contributed by atoms with E-state index in [0.29, 0.717) is 10.6 Å². The Bertz CT molecular complexity index is 1010. The Labute approximate surface area is 159 Å². The Morgan fingerprint density at radius 3 is 2.52 bits per heavy atom. The second kappa shape index (κ2) is 6.25. The minimum atomic E-state index is -2.09. The lowest BCUT2D eigenvalue weighted by molar-refractivity contribution is -0.142. The molecule has 2 aromatic rings. The van der Waals surface area contributed by atoms with Gasteiger partial charge in [0, 0.05) is 5.02 Å². The molecule has 1 N–H and O–H groups in total. The van der Waals surface area contributed by atoms with Crippen LogP contribution in [-0.2, 0) is 14.3 Å².